The second-order valence-electron chi connectivity index (χ2n) is 7.16. The number of nitrogens with zero attached hydrogens (tertiary/aromatic N) is 5. The summed E-state index contributed by atoms with van der Waals surface area (Å²) in [4.78, 5) is 34.9. The van der Waals surface area contributed by atoms with E-state index < -0.39 is 6.10 Å². The quantitative estimate of drug-likeness (QED) is 0.656. The summed E-state index contributed by atoms with van der Waals surface area (Å²) in [6, 6.07) is 3.74. The molecule has 158 valence electrons. The summed E-state index contributed by atoms with van der Waals surface area (Å²) in [5, 5.41) is 14.1. The maximum Gasteiger partial charge on any atom is 0.264 e. The van der Waals surface area contributed by atoms with Crippen LogP contribution in [0.4, 0.5) is 0 Å². The van der Waals surface area contributed by atoms with Gasteiger partial charge in [-0.1, -0.05) is 6.07 Å². The van der Waals surface area contributed by atoms with Crippen molar-refractivity contribution in [2.45, 2.75) is 6.10 Å². The Morgan fingerprint density at radius 1 is 1.43 bits per heavy atom. The molecule has 0 saturated carbocycles. The van der Waals surface area contributed by atoms with E-state index in [1.807, 2.05) is 12.1 Å². The summed E-state index contributed by atoms with van der Waals surface area (Å²) < 4.78 is 7.62. The SMILES string of the molecule is CN(CCO)C(=O)c1sc2ncccc2c1[C@@H]1CN(C(=O)c2cnn(C)c2)CCO1. The first kappa shape index (κ1) is 20.5. The molecule has 1 saturated heterocycles. The third kappa shape index (κ3) is 3.81. The Morgan fingerprint density at radius 3 is 3.00 bits per heavy atom. The van der Waals surface area contributed by atoms with Crippen LogP contribution in [0.1, 0.15) is 31.7 Å². The number of hydrogen-bond donors (Lipinski definition) is 1. The number of ether oxygens (including phenoxy) is 1. The number of rotatable bonds is 5. The fourth-order valence-corrected chi connectivity index (χ4v) is 4.77. The van der Waals surface area contributed by atoms with Gasteiger partial charge in [-0.05, 0) is 6.07 Å². The summed E-state index contributed by atoms with van der Waals surface area (Å²) in [5.74, 6) is -0.305. The lowest BCUT2D eigenvalue weighted by molar-refractivity contribution is -0.0223. The Hall–Kier alpha value is -2.82. The topological polar surface area (TPSA) is 101 Å². The number of thiophene rings is 1. The number of aliphatic hydroxyl groups excluding tert-OH is 1. The fourth-order valence-electron chi connectivity index (χ4n) is 3.58. The molecular weight excluding hydrogens is 406 g/mol. The van der Waals surface area contributed by atoms with Gasteiger partial charge in [-0.15, -0.1) is 11.3 Å². The zero-order chi connectivity index (χ0) is 21.3. The van der Waals surface area contributed by atoms with E-state index in [0.717, 1.165) is 15.8 Å². The molecule has 4 heterocycles. The monoisotopic (exact) mass is 429 g/mol. The minimum Gasteiger partial charge on any atom is -0.395 e. The zero-order valence-corrected chi connectivity index (χ0v) is 17.6. The van der Waals surface area contributed by atoms with Crippen LogP contribution in [0, 0.1) is 0 Å². The molecule has 9 nitrogen and oxygen atoms in total. The minimum absolute atomic E-state index is 0.112. The molecule has 0 radical (unpaired) electrons. The molecule has 0 bridgehead atoms. The van der Waals surface area contributed by atoms with Crippen LogP contribution in [0.15, 0.2) is 30.7 Å². The van der Waals surface area contributed by atoms with E-state index >= 15 is 0 Å². The van der Waals surface area contributed by atoms with Crippen LogP contribution in [0.3, 0.4) is 0 Å². The standard InChI is InChI=1S/C20H23N5O4S/c1-23(6-8-26)20(28)17-16(14-4-3-5-21-18(14)30-17)15-12-25(7-9-29-15)19(27)13-10-22-24(2)11-13/h3-5,10-11,15,26H,6-9,12H2,1-2H3/t15-/m0/s1. The van der Waals surface area contributed by atoms with E-state index in [9.17, 15) is 14.7 Å². The number of aliphatic hydroxyl groups is 1. The molecule has 1 aliphatic rings. The molecule has 0 spiro atoms. The highest BCUT2D eigenvalue weighted by molar-refractivity contribution is 7.20. The van der Waals surface area contributed by atoms with Crippen LogP contribution in [-0.2, 0) is 11.8 Å². The van der Waals surface area contributed by atoms with E-state index in [4.69, 9.17) is 4.74 Å². The number of aryl methyl sites for hydroxylation is 1. The number of amides is 2. The highest BCUT2D eigenvalue weighted by Gasteiger charge is 2.33. The smallest absolute Gasteiger partial charge is 0.264 e. The normalized spacial score (nSPS) is 16.8. The Balaban J connectivity index is 1.68. The summed E-state index contributed by atoms with van der Waals surface area (Å²) in [6.45, 7) is 1.29. The molecule has 0 aromatic carbocycles. The van der Waals surface area contributed by atoms with Gasteiger partial charge in [-0.2, -0.15) is 5.10 Å². The number of likely N-dealkylation sites (N-methyl/N-ethyl adjacent to an activating group) is 1. The zero-order valence-electron chi connectivity index (χ0n) is 16.8. The van der Waals surface area contributed by atoms with Gasteiger partial charge >= 0.3 is 0 Å². The lowest BCUT2D eigenvalue weighted by Gasteiger charge is -2.33. The molecule has 10 heteroatoms. The van der Waals surface area contributed by atoms with Gasteiger partial charge in [0.15, 0.2) is 0 Å². The molecule has 2 amide bonds. The molecule has 1 atom stereocenters. The Morgan fingerprint density at radius 2 is 2.27 bits per heavy atom. The molecular formula is C20H23N5O4S. The van der Waals surface area contributed by atoms with Crippen LogP contribution < -0.4 is 0 Å². The van der Waals surface area contributed by atoms with Crippen molar-refractivity contribution >= 4 is 33.4 Å². The van der Waals surface area contributed by atoms with Crippen LogP contribution in [0.5, 0.6) is 0 Å². The van der Waals surface area contributed by atoms with Crippen molar-refractivity contribution < 1.29 is 19.4 Å². The predicted molar refractivity (Wildman–Crippen MR) is 111 cm³/mol. The van der Waals surface area contributed by atoms with Crippen LogP contribution in [0.2, 0.25) is 0 Å². The second kappa shape index (κ2) is 8.50. The average Bonchev–Trinajstić information content (AvgIpc) is 3.36. The first-order valence-corrected chi connectivity index (χ1v) is 10.4. The van der Waals surface area contributed by atoms with Crippen LogP contribution in [-0.4, -0.2) is 81.4 Å². The van der Waals surface area contributed by atoms with Crippen LogP contribution in [0.25, 0.3) is 10.2 Å². The van der Waals surface area contributed by atoms with Gasteiger partial charge in [-0.25, -0.2) is 4.98 Å². The fraction of sp³-hybridized carbons (Fsp3) is 0.400. The maximum absolute atomic E-state index is 13.1. The van der Waals surface area contributed by atoms with Gasteiger partial charge in [0.1, 0.15) is 15.8 Å². The Kier molecular flexibility index (Phi) is 5.80. The van der Waals surface area contributed by atoms with E-state index in [-0.39, 0.29) is 25.0 Å². The Bertz CT molecular complexity index is 1080. The van der Waals surface area contributed by atoms with Gasteiger partial charge in [0.2, 0.25) is 0 Å². The first-order chi connectivity index (χ1) is 14.5. The third-order valence-electron chi connectivity index (χ3n) is 5.11. The van der Waals surface area contributed by atoms with Crippen molar-refractivity contribution in [1.82, 2.24) is 24.6 Å². The van der Waals surface area contributed by atoms with Gasteiger partial charge in [0, 0.05) is 50.5 Å². The number of fused-ring (bicyclic) bond motifs is 1. The van der Waals surface area contributed by atoms with E-state index in [2.05, 4.69) is 10.1 Å². The lowest BCUT2D eigenvalue weighted by atomic mass is 10.0. The molecule has 1 aliphatic heterocycles. The van der Waals surface area contributed by atoms with Crippen molar-refractivity contribution in [1.29, 1.82) is 0 Å². The second-order valence-corrected chi connectivity index (χ2v) is 8.16. The predicted octanol–water partition coefficient (Wildman–Crippen LogP) is 1.31. The Labute approximate surface area is 177 Å². The van der Waals surface area contributed by atoms with Crippen molar-refractivity contribution in [2.24, 2.45) is 7.05 Å². The van der Waals surface area contributed by atoms with Gasteiger partial charge in [-0.3, -0.25) is 14.3 Å². The van der Waals surface area contributed by atoms with E-state index in [1.165, 1.54) is 16.2 Å². The molecule has 1 N–H and O–H groups in total. The maximum atomic E-state index is 13.1. The number of carbonyl (C=O) groups is 2. The first-order valence-electron chi connectivity index (χ1n) is 9.63. The van der Waals surface area contributed by atoms with E-state index in [0.29, 0.717) is 30.1 Å². The number of hydrogen-bond acceptors (Lipinski definition) is 7. The van der Waals surface area contributed by atoms with Gasteiger partial charge in [0.25, 0.3) is 11.8 Å². The molecule has 0 aliphatic carbocycles. The molecule has 3 aromatic rings. The molecule has 1 fully saturated rings. The number of aromatic nitrogens is 3. The minimum atomic E-state index is -0.446. The molecule has 0 unspecified atom stereocenters. The summed E-state index contributed by atoms with van der Waals surface area (Å²) in [5.41, 5.74) is 1.27. The molecule has 3 aromatic heterocycles. The summed E-state index contributed by atoms with van der Waals surface area (Å²) >= 11 is 1.31. The lowest BCUT2D eigenvalue weighted by Crippen LogP contribution is -2.42. The van der Waals surface area contributed by atoms with Gasteiger partial charge < -0.3 is 19.6 Å². The van der Waals surface area contributed by atoms with Crippen LogP contribution >= 0.6 is 11.3 Å². The number of morpholine rings is 1. The van der Waals surface area contributed by atoms with Crippen molar-refractivity contribution in [2.75, 3.05) is 39.9 Å². The van der Waals surface area contributed by atoms with Crippen molar-refractivity contribution in [3.8, 4) is 0 Å². The average molecular weight is 430 g/mol. The molecule has 30 heavy (non-hydrogen) atoms. The summed E-state index contributed by atoms with van der Waals surface area (Å²) in [6.07, 6.45) is 4.48. The highest BCUT2D eigenvalue weighted by atomic mass is 32.1. The van der Waals surface area contributed by atoms with Gasteiger partial charge in [0.05, 0.1) is 31.5 Å². The summed E-state index contributed by atoms with van der Waals surface area (Å²) in [7, 11) is 3.42. The largest absolute Gasteiger partial charge is 0.395 e. The van der Waals surface area contributed by atoms with Crippen molar-refractivity contribution in [3.63, 3.8) is 0 Å². The molecule has 4 rings (SSSR count). The number of carbonyl (C=O) groups excluding carboxylic acids is 2. The van der Waals surface area contributed by atoms with E-state index in [1.54, 1.807) is 42.3 Å². The number of pyridine rings is 1. The third-order valence-corrected chi connectivity index (χ3v) is 6.23. The highest BCUT2D eigenvalue weighted by Crippen LogP contribution is 2.38. The van der Waals surface area contributed by atoms with Crippen molar-refractivity contribution in [3.05, 3.63) is 46.7 Å².